The van der Waals surface area contributed by atoms with Crippen LogP contribution in [0.2, 0.25) is 0 Å². The van der Waals surface area contributed by atoms with E-state index < -0.39 is 0 Å². The summed E-state index contributed by atoms with van der Waals surface area (Å²) >= 11 is 0. The van der Waals surface area contributed by atoms with Gasteiger partial charge in [-0.3, -0.25) is 4.79 Å². The molecule has 1 saturated heterocycles. The van der Waals surface area contributed by atoms with Crippen molar-refractivity contribution in [2.45, 2.75) is 44.2 Å². The second kappa shape index (κ2) is 6.57. The first-order chi connectivity index (χ1) is 7.68. The number of halogens is 1. The summed E-state index contributed by atoms with van der Waals surface area (Å²) in [6.07, 6.45) is 4.99. The Bertz CT molecular complexity index is 253. The number of nitrogens with zero attached hydrogens (tertiary/aromatic N) is 1. The molecule has 2 rings (SSSR count). The molecule has 1 aliphatic carbocycles. The van der Waals surface area contributed by atoms with Crippen LogP contribution in [0.15, 0.2) is 0 Å². The fourth-order valence-corrected chi connectivity index (χ4v) is 2.75. The van der Waals surface area contributed by atoms with Gasteiger partial charge in [-0.2, -0.15) is 0 Å². The molecule has 0 bridgehead atoms. The number of hydrogen-bond donors (Lipinski definition) is 1. The minimum absolute atomic E-state index is 0. The van der Waals surface area contributed by atoms with Crippen molar-refractivity contribution in [3.05, 3.63) is 0 Å². The van der Waals surface area contributed by atoms with E-state index in [4.69, 9.17) is 10.5 Å². The molecule has 1 saturated carbocycles. The van der Waals surface area contributed by atoms with Crippen molar-refractivity contribution in [3.8, 4) is 0 Å². The first kappa shape index (κ1) is 14.7. The maximum atomic E-state index is 12.2. The zero-order valence-corrected chi connectivity index (χ0v) is 11.2. The fraction of sp³-hybridized carbons (Fsp3) is 0.917. The summed E-state index contributed by atoms with van der Waals surface area (Å²) in [5.74, 6) is 0.417. The van der Waals surface area contributed by atoms with Gasteiger partial charge in [0.15, 0.2) is 0 Å². The Hall–Kier alpha value is -0.320. The lowest BCUT2D eigenvalue weighted by atomic mass is 9.85. The molecule has 3 atom stereocenters. The second-order valence-electron chi connectivity index (χ2n) is 5.09. The zero-order chi connectivity index (χ0) is 11.5. The molecule has 0 aromatic carbocycles. The van der Waals surface area contributed by atoms with Gasteiger partial charge >= 0.3 is 0 Å². The van der Waals surface area contributed by atoms with Gasteiger partial charge in [0.25, 0.3) is 0 Å². The molecule has 4 nitrogen and oxygen atoms in total. The number of hydrogen-bond acceptors (Lipinski definition) is 3. The number of amides is 1. The smallest absolute Gasteiger partial charge is 0.225 e. The van der Waals surface area contributed by atoms with Crippen molar-refractivity contribution in [2.75, 3.05) is 20.3 Å². The van der Waals surface area contributed by atoms with Crippen molar-refractivity contribution in [2.24, 2.45) is 11.7 Å². The minimum Gasteiger partial charge on any atom is -0.379 e. The van der Waals surface area contributed by atoms with Crippen LogP contribution in [0.3, 0.4) is 0 Å². The Labute approximate surface area is 109 Å². The Morgan fingerprint density at radius 1 is 1.35 bits per heavy atom. The Morgan fingerprint density at radius 3 is 2.71 bits per heavy atom. The third-order valence-corrected chi connectivity index (χ3v) is 3.87. The molecule has 1 amide bonds. The van der Waals surface area contributed by atoms with Crippen LogP contribution in [-0.2, 0) is 9.53 Å². The van der Waals surface area contributed by atoms with Gasteiger partial charge in [-0.15, -0.1) is 12.4 Å². The van der Waals surface area contributed by atoms with Crippen LogP contribution in [0.5, 0.6) is 0 Å². The van der Waals surface area contributed by atoms with Crippen molar-refractivity contribution >= 4 is 18.3 Å². The number of ether oxygens (including phenoxy) is 1. The highest BCUT2D eigenvalue weighted by atomic mass is 35.5. The highest BCUT2D eigenvalue weighted by molar-refractivity contribution is 5.85. The normalized spacial score (nSPS) is 32.9. The Morgan fingerprint density at radius 2 is 2.12 bits per heavy atom. The van der Waals surface area contributed by atoms with Gasteiger partial charge in [0.05, 0.1) is 12.6 Å². The maximum absolute atomic E-state index is 12.2. The summed E-state index contributed by atoms with van der Waals surface area (Å²) in [5.41, 5.74) is 5.92. The summed E-state index contributed by atoms with van der Waals surface area (Å²) < 4.78 is 5.32. The summed E-state index contributed by atoms with van der Waals surface area (Å²) in [7, 11) is 1.90. The lowest BCUT2D eigenvalue weighted by Crippen LogP contribution is -2.43. The van der Waals surface area contributed by atoms with E-state index in [2.05, 4.69) is 0 Å². The van der Waals surface area contributed by atoms with Crippen LogP contribution >= 0.6 is 12.4 Å². The Balaban J connectivity index is 0.00000144. The summed E-state index contributed by atoms with van der Waals surface area (Å²) in [6.45, 7) is 1.48. The predicted molar refractivity (Wildman–Crippen MR) is 69.2 cm³/mol. The molecule has 1 heterocycles. The second-order valence-corrected chi connectivity index (χ2v) is 5.09. The number of rotatable bonds is 2. The summed E-state index contributed by atoms with van der Waals surface area (Å²) in [6, 6.07) is 0.501. The first-order valence-electron chi connectivity index (χ1n) is 6.28. The molecule has 2 N–H and O–H groups in total. The topological polar surface area (TPSA) is 55.6 Å². The third kappa shape index (κ3) is 3.57. The lowest BCUT2D eigenvalue weighted by Gasteiger charge is -2.31. The quantitative estimate of drug-likeness (QED) is 0.813. The van der Waals surface area contributed by atoms with Gasteiger partial charge in [-0.25, -0.2) is 0 Å². The highest BCUT2D eigenvalue weighted by Gasteiger charge is 2.31. The van der Waals surface area contributed by atoms with Crippen LogP contribution in [-0.4, -0.2) is 43.2 Å². The van der Waals surface area contributed by atoms with E-state index in [1.165, 1.54) is 0 Å². The van der Waals surface area contributed by atoms with E-state index in [0.717, 1.165) is 38.7 Å². The van der Waals surface area contributed by atoms with Crippen LogP contribution in [0.1, 0.15) is 32.1 Å². The molecule has 17 heavy (non-hydrogen) atoms. The molecule has 2 aliphatic rings. The van der Waals surface area contributed by atoms with Gasteiger partial charge in [-0.05, 0) is 25.7 Å². The molecule has 5 heteroatoms. The Kier molecular flexibility index (Phi) is 5.70. The van der Waals surface area contributed by atoms with Gasteiger partial charge in [0, 0.05) is 25.6 Å². The van der Waals surface area contributed by atoms with E-state index in [0.29, 0.717) is 6.61 Å². The number of carbonyl (C=O) groups excluding carboxylic acids is 1. The SMILES string of the molecule is CN(C(=O)C1CCCC(N)C1)C1CCOC1.Cl. The highest BCUT2D eigenvalue weighted by Crippen LogP contribution is 2.26. The summed E-state index contributed by atoms with van der Waals surface area (Å²) in [4.78, 5) is 14.1. The van der Waals surface area contributed by atoms with Crippen LogP contribution in [0, 0.1) is 5.92 Å². The van der Waals surface area contributed by atoms with Gasteiger partial charge in [0.1, 0.15) is 0 Å². The van der Waals surface area contributed by atoms with Gasteiger partial charge in [0.2, 0.25) is 5.91 Å². The van der Waals surface area contributed by atoms with E-state index in [1.807, 2.05) is 11.9 Å². The van der Waals surface area contributed by atoms with Crippen molar-refractivity contribution in [3.63, 3.8) is 0 Å². The molecule has 100 valence electrons. The molecule has 2 fully saturated rings. The first-order valence-corrected chi connectivity index (χ1v) is 6.28. The largest absolute Gasteiger partial charge is 0.379 e. The predicted octanol–water partition coefficient (Wildman–Crippen LogP) is 1.17. The third-order valence-electron chi connectivity index (χ3n) is 3.87. The van der Waals surface area contributed by atoms with E-state index in [9.17, 15) is 4.79 Å². The lowest BCUT2D eigenvalue weighted by molar-refractivity contribution is -0.137. The van der Waals surface area contributed by atoms with Crippen LogP contribution < -0.4 is 5.73 Å². The van der Waals surface area contributed by atoms with Crippen LogP contribution in [0.25, 0.3) is 0 Å². The molecular formula is C12H23ClN2O2. The standard InChI is InChI=1S/C12H22N2O2.ClH/c1-14(11-5-6-16-8-11)12(15)9-3-2-4-10(13)7-9;/h9-11H,2-8,13H2,1H3;1H. The molecule has 3 unspecified atom stereocenters. The molecule has 1 aliphatic heterocycles. The average Bonchev–Trinajstić information content (AvgIpc) is 2.80. The molecule has 0 radical (unpaired) electrons. The van der Waals surface area contributed by atoms with Crippen LogP contribution in [0.4, 0.5) is 0 Å². The van der Waals surface area contributed by atoms with Crippen molar-refractivity contribution in [1.29, 1.82) is 0 Å². The molecular weight excluding hydrogens is 240 g/mol. The number of nitrogens with two attached hydrogens (primary N) is 1. The molecule has 0 aromatic rings. The van der Waals surface area contributed by atoms with E-state index >= 15 is 0 Å². The minimum atomic E-state index is 0. The number of likely N-dealkylation sites (N-methyl/N-ethyl adjacent to an activating group) is 1. The zero-order valence-electron chi connectivity index (χ0n) is 10.4. The fourth-order valence-electron chi connectivity index (χ4n) is 2.75. The monoisotopic (exact) mass is 262 g/mol. The average molecular weight is 263 g/mol. The summed E-state index contributed by atoms with van der Waals surface area (Å²) in [5, 5.41) is 0. The molecule has 0 spiro atoms. The van der Waals surface area contributed by atoms with Crippen molar-refractivity contribution in [1.82, 2.24) is 4.90 Å². The maximum Gasteiger partial charge on any atom is 0.225 e. The number of carbonyl (C=O) groups is 1. The van der Waals surface area contributed by atoms with E-state index in [1.54, 1.807) is 0 Å². The molecule has 0 aromatic heterocycles. The van der Waals surface area contributed by atoms with Gasteiger partial charge in [-0.1, -0.05) is 6.42 Å². The van der Waals surface area contributed by atoms with E-state index in [-0.39, 0.29) is 36.3 Å². The van der Waals surface area contributed by atoms with Crippen molar-refractivity contribution < 1.29 is 9.53 Å². The van der Waals surface area contributed by atoms with Gasteiger partial charge < -0.3 is 15.4 Å².